The molecule has 0 aromatic heterocycles. The van der Waals surface area contributed by atoms with Crippen molar-refractivity contribution in [2.45, 2.75) is 30.8 Å². The Morgan fingerprint density at radius 3 is 2.27 bits per heavy atom. The first-order valence-corrected chi connectivity index (χ1v) is 10.3. The first kappa shape index (κ1) is 20.4. The first-order chi connectivity index (χ1) is 14.7. The Hall–Kier alpha value is -2.88. The zero-order valence-electron chi connectivity index (χ0n) is 17.0. The zero-order chi connectivity index (χ0) is 21.1. The topological polar surface area (TPSA) is 82.8 Å². The third-order valence-electron chi connectivity index (χ3n) is 6.27. The number of carbonyl (C=O) groups is 1. The van der Waals surface area contributed by atoms with Crippen molar-refractivity contribution in [2.75, 3.05) is 26.9 Å². The zero-order valence-corrected chi connectivity index (χ0v) is 17.0. The van der Waals surface area contributed by atoms with Gasteiger partial charge in [-0.2, -0.15) is 5.26 Å². The summed E-state index contributed by atoms with van der Waals surface area (Å²) in [5.41, 5.74) is 3.10. The van der Waals surface area contributed by atoms with E-state index < -0.39 is 6.04 Å². The molecule has 0 saturated carbocycles. The Morgan fingerprint density at radius 1 is 1.13 bits per heavy atom. The molecule has 3 atom stereocenters. The molecule has 0 bridgehead atoms. The van der Waals surface area contributed by atoms with Gasteiger partial charge in [0.2, 0.25) is 5.91 Å². The van der Waals surface area contributed by atoms with Gasteiger partial charge < -0.3 is 19.5 Å². The van der Waals surface area contributed by atoms with Crippen molar-refractivity contribution in [2.24, 2.45) is 5.92 Å². The lowest BCUT2D eigenvalue weighted by atomic mass is 9.74. The molecule has 2 aliphatic heterocycles. The molecule has 0 radical (unpaired) electrons. The van der Waals surface area contributed by atoms with Crippen molar-refractivity contribution in [3.8, 4) is 22.9 Å². The number of amides is 1. The number of likely N-dealkylation sites (tertiary alicyclic amines) is 1. The van der Waals surface area contributed by atoms with Gasteiger partial charge in [0.1, 0.15) is 11.8 Å². The van der Waals surface area contributed by atoms with E-state index in [4.69, 9.17) is 9.47 Å². The molecular weight excluding hydrogens is 380 g/mol. The molecule has 2 saturated heterocycles. The number of aliphatic hydroxyl groups excluding tert-OH is 1. The number of carbonyl (C=O) groups excluding carboxylic acids is 1. The van der Waals surface area contributed by atoms with E-state index in [-0.39, 0.29) is 30.4 Å². The number of nitriles is 1. The van der Waals surface area contributed by atoms with Gasteiger partial charge in [-0.1, -0.05) is 36.4 Å². The molecule has 30 heavy (non-hydrogen) atoms. The van der Waals surface area contributed by atoms with E-state index in [0.29, 0.717) is 26.1 Å². The van der Waals surface area contributed by atoms with Crippen LogP contribution in [0.1, 0.15) is 24.3 Å². The predicted octanol–water partition coefficient (Wildman–Crippen LogP) is 2.97. The molecule has 156 valence electrons. The smallest absolute Gasteiger partial charge is 0.227 e. The highest BCUT2D eigenvalue weighted by Crippen LogP contribution is 2.42. The van der Waals surface area contributed by atoms with Gasteiger partial charge in [-0.15, -0.1) is 0 Å². The molecule has 2 aromatic rings. The first-order valence-electron chi connectivity index (χ1n) is 10.3. The molecule has 0 unspecified atom stereocenters. The monoisotopic (exact) mass is 406 g/mol. The number of hydrogen-bond acceptors (Lipinski definition) is 5. The maximum Gasteiger partial charge on any atom is 0.227 e. The Bertz CT molecular complexity index is 914. The largest absolute Gasteiger partial charge is 0.497 e. The summed E-state index contributed by atoms with van der Waals surface area (Å²) in [6.45, 7) is 0.987. The van der Waals surface area contributed by atoms with Gasteiger partial charge in [0.05, 0.1) is 25.8 Å². The second-order valence-corrected chi connectivity index (χ2v) is 7.83. The fraction of sp³-hybridized carbons (Fsp3) is 0.417. The van der Waals surface area contributed by atoms with E-state index in [1.54, 1.807) is 12.0 Å². The van der Waals surface area contributed by atoms with Crippen LogP contribution in [0, 0.1) is 17.2 Å². The second kappa shape index (κ2) is 8.86. The highest BCUT2D eigenvalue weighted by atomic mass is 16.5. The summed E-state index contributed by atoms with van der Waals surface area (Å²) in [6.07, 6.45) is 1.35. The Kier molecular flexibility index (Phi) is 6.03. The minimum atomic E-state index is -0.552. The van der Waals surface area contributed by atoms with Gasteiger partial charge in [-0.05, 0) is 41.7 Å². The molecule has 4 rings (SSSR count). The lowest BCUT2D eigenvalue weighted by Crippen LogP contribution is -2.66. The fourth-order valence-corrected chi connectivity index (χ4v) is 4.55. The summed E-state index contributed by atoms with van der Waals surface area (Å²) >= 11 is 0. The minimum absolute atomic E-state index is 0.0324. The van der Waals surface area contributed by atoms with E-state index in [2.05, 4.69) is 6.07 Å². The standard InChI is InChI=1S/C24H26N2O4/c1-29-20-8-6-17(7-9-20)16-2-4-18(5-3-16)23-21(14-25)26(22(23)15-27)24(28)19-10-12-30-13-11-19/h2-9,19,21-23,27H,10-13,15H2,1H3/t21-,22+,23-/m1/s1. The van der Waals surface area contributed by atoms with Gasteiger partial charge >= 0.3 is 0 Å². The number of nitrogens with zero attached hydrogens (tertiary/aromatic N) is 2. The summed E-state index contributed by atoms with van der Waals surface area (Å²) in [4.78, 5) is 14.6. The molecule has 6 nitrogen and oxygen atoms in total. The van der Waals surface area contributed by atoms with Crippen LogP contribution in [0.2, 0.25) is 0 Å². The molecule has 2 aliphatic rings. The summed E-state index contributed by atoms with van der Waals surface area (Å²) in [5, 5.41) is 19.8. The van der Waals surface area contributed by atoms with E-state index >= 15 is 0 Å². The molecule has 2 fully saturated rings. The van der Waals surface area contributed by atoms with Crippen LogP contribution in [-0.4, -0.2) is 54.9 Å². The Labute approximate surface area is 176 Å². The third-order valence-corrected chi connectivity index (χ3v) is 6.27. The normalized spacial score (nSPS) is 24.0. The number of hydrogen-bond donors (Lipinski definition) is 1. The van der Waals surface area contributed by atoms with Crippen molar-refractivity contribution >= 4 is 5.91 Å². The van der Waals surface area contributed by atoms with Crippen LogP contribution in [0.4, 0.5) is 0 Å². The van der Waals surface area contributed by atoms with Crippen molar-refractivity contribution < 1.29 is 19.4 Å². The SMILES string of the molecule is COc1ccc(-c2ccc([C@@H]3[C@@H](C#N)N(C(=O)C4CCOCC4)[C@H]3CO)cc2)cc1. The molecule has 0 spiro atoms. The van der Waals surface area contributed by atoms with Crippen LogP contribution < -0.4 is 4.74 Å². The van der Waals surface area contributed by atoms with Crippen LogP contribution >= 0.6 is 0 Å². The van der Waals surface area contributed by atoms with Gasteiger partial charge in [0.15, 0.2) is 0 Å². The van der Waals surface area contributed by atoms with Crippen LogP contribution in [0.15, 0.2) is 48.5 Å². The molecule has 1 amide bonds. The van der Waals surface area contributed by atoms with Crippen molar-refractivity contribution in [1.29, 1.82) is 5.26 Å². The Morgan fingerprint density at radius 2 is 1.73 bits per heavy atom. The lowest BCUT2D eigenvalue weighted by Gasteiger charge is -2.52. The number of rotatable bonds is 5. The molecular formula is C24H26N2O4. The van der Waals surface area contributed by atoms with Crippen LogP contribution in [-0.2, 0) is 9.53 Å². The number of benzene rings is 2. The average Bonchev–Trinajstić information content (AvgIpc) is 2.80. The van der Waals surface area contributed by atoms with Crippen molar-refractivity contribution in [3.05, 3.63) is 54.1 Å². The van der Waals surface area contributed by atoms with Crippen molar-refractivity contribution in [1.82, 2.24) is 4.90 Å². The number of ether oxygens (including phenoxy) is 2. The third kappa shape index (κ3) is 3.67. The highest BCUT2D eigenvalue weighted by molar-refractivity contribution is 5.81. The van der Waals surface area contributed by atoms with Gasteiger partial charge in [-0.3, -0.25) is 4.79 Å². The lowest BCUT2D eigenvalue weighted by molar-refractivity contribution is -0.154. The van der Waals surface area contributed by atoms with Crippen molar-refractivity contribution in [3.63, 3.8) is 0 Å². The predicted molar refractivity (Wildman–Crippen MR) is 112 cm³/mol. The van der Waals surface area contributed by atoms with E-state index in [0.717, 1.165) is 22.4 Å². The van der Waals surface area contributed by atoms with E-state index in [1.165, 1.54) is 0 Å². The van der Waals surface area contributed by atoms with Crippen LogP contribution in [0.5, 0.6) is 5.75 Å². The van der Waals surface area contributed by atoms with Crippen LogP contribution in [0.25, 0.3) is 11.1 Å². The summed E-state index contributed by atoms with van der Waals surface area (Å²) in [5.74, 6) is 0.465. The quantitative estimate of drug-likeness (QED) is 0.825. The Balaban J connectivity index is 1.52. The average molecular weight is 406 g/mol. The maximum atomic E-state index is 13.0. The van der Waals surface area contributed by atoms with Gasteiger partial charge in [0.25, 0.3) is 0 Å². The van der Waals surface area contributed by atoms with E-state index in [1.807, 2.05) is 48.5 Å². The molecule has 0 aliphatic carbocycles. The summed E-state index contributed by atoms with van der Waals surface area (Å²) in [7, 11) is 1.64. The minimum Gasteiger partial charge on any atom is -0.497 e. The molecule has 2 heterocycles. The highest BCUT2D eigenvalue weighted by Gasteiger charge is 2.52. The maximum absolute atomic E-state index is 13.0. The molecule has 1 N–H and O–H groups in total. The van der Waals surface area contributed by atoms with Crippen LogP contribution in [0.3, 0.4) is 0 Å². The summed E-state index contributed by atoms with van der Waals surface area (Å²) in [6, 6.07) is 17.2. The second-order valence-electron chi connectivity index (χ2n) is 7.83. The molecule has 6 heteroatoms. The molecule has 2 aromatic carbocycles. The summed E-state index contributed by atoms with van der Waals surface area (Å²) < 4.78 is 10.6. The number of methoxy groups -OCH3 is 1. The van der Waals surface area contributed by atoms with E-state index in [9.17, 15) is 15.2 Å². The number of aliphatic hydroxyl groups is 1. The van der Waals surface area contributed by atoms with Gasteiger partial charge in [0, 0.05) is 25.0 Å². The fourth-order valence-electron chi connectivity index (χ4n) is 4.55. The van der Waals surface area contributed by atoms with Gasteiger partial charge in [-0.25, -0.2) is 0 Å².